The molecule has 1 atom stereocenters. The lowest BCUT2D eigenvalue weighted by atomic mass is 10.1. The van der Waals surface area contributed by atoms with Gasteiger partial charge in [-0.25, -0.2) is 0 Å². The number of aliphatic hydroxyl groups excluding tert-OH is 1. The van der Waals surface area contributed by atoms with Crippen molar-refractivity contribution in [1.82, 2.24) is 4.90 Å². The molecule has 1 aliphatic heterocycles. The Hall–Kier alpha value is -1.63. The lowest BCUT2D eigenvalue weighted by Gasteiger charge is -2.41. The fourth-order valence-corrected chi connectivity index (χ4v) is 2.65. The first-order chi connectivity index (χ1) is 9.88. The van der Waals surface area contributed by atoms with Crippen molar-refractivity contribution in [3.63, 3.8) is 0 Å². The minimum Gasteiger partial charge on any atom is -0.399 e. The highest BCUT2D eigenvalue weighted by molar-refractivity contribution is 5.92. The number of hydrogen-bond acceptors (Lipinski definition) is 5. The molecule has 1 aromatic carbocycles. The third-order valence-electron chi connectivity index (χ3n) is 3.29. The molecule has 21 heavy (non-hydrogen) atoms. The second kappa shape index (κ2) is 6.43. The monoisotopic (exact) mass is 293 g/mol. The SMILES string of the molecule is CC1(C)CN(CC(=O)Nc2cccc(N)c2)CC(CO)O1. The first-order valence-corrected chi connectivity index (χ1v) is 7.04. The molecule has 6 nitrogen and oxygen atoms in total. The van der Waals surface area contributed by atoms with Crippen molar-refractivity contribution in [1.29, 1.82) is 0 Å². The van der Waals surface area contributed by atoms with E-state index < -0.39 is 0 Å². The molecule has 0 aliphatic carbocycles. The molecule has 1 unspecified atom stereocenters. The van der Waals surface area contributed by atoms with Crippen LogP contribution in [0.4, 0.5) is 11.4 Å². The maximum absolute atomic E-state index is 12.1. The van der Waals surface area contributed by atoms with E-state index in [1.54, 1.807) is 24.3 Å². The molecule has 6 heteroatoms. The Balaban J connectivity index is 1.92. The fraction of sp³-hybridized carbons (Fsp3) is 0.533. The smallest absolute Gasteiger partial charge is 0.238 e. The van der Waals surface area contributed by atoms with Gasteiger partial charge in [0.05, 0.1) is 24.9 Å². The lowest BCUT2D eigenvalue weighted by molar-refractivity contribution is -0.151. The predicted octanol–water partition coefficient (Wildman–Crippen LogP) is 0.679. The number of aliphatic hydroxyl groups is 1. The molecule has 0 saturated carbocycles. The lowest BCUT2D eigenvalue weighted by Crippen LogP contribution is -2.55. The highest BCUT2D eigenvalue weighted by Gasteiger charge is 2.33. The van der Waals surface area contributed by atoms with Gasteiger partial charge in [0.25, 0.3) is 0 Å². The molecule has 0 radical (unpaired) electrons. The number of nitrogens with zero attached hydrogens (tertiary/aromatic N) is 1. The summed E-state index contributed by atoms with van der Waals surface area (Å²) in [5.41, 5.74) is 6.61. The Bertz CT molecular complexity index is 505. The number of amides is 1. The van der Waals surface area contributed by atoms with Crippen molar-refractivity contribution >= 4 is 17.3 Å². The van der Waals surface area contributed by atoms with Crippen LogP contribution in [0.15, 0.2) is 24.3 Å². The largest absolute Gasteiger partial charge is 0.399 e. The van der Waals surface area contributed by atoms with Gasteiger partial charge in [0.15, 0.2) is 0 Å². The zero-order valence-corrected chi connectivity index (χ0v) is 12.5. The third kappa shape index (κ3) is 4.70. The third-order valence-corrected chi connectivity index (χ3v) is 3.29. The van der Waals surface area contributed by atoms with E-state index in [-0.39, 0.29) is 30.8 Å². The first kappa shape index (κ1) is 15.8. The van der Waals surface area contributed by atoms with Crippen LogP contribution in [-0.2, 0) is 9.53 Å². The molecule has 1 saturated heterocycles. The van der Waals surface area contributed by atoms with Gasteiger partial charge < -0.3 is 20.9 Å². The number of morpholine rings is 1. The van der Waals surface area contributed by atoms with Crippen molar-refractivity contribution in [3.8, 4) is 0 Å². The van der Waals surface area contributed by atoms with Crippen molar-refractivity contribution in [2.24, 2.45) is 0 Å². The Morgan fingerprint density at radius 3 is 3.00 bits per heavy atom. The molecule has 1 aliphatic rings. The molecular weight excluding hydrogens is 270 g/mol. The van der Waals surface area contributed by atoms with Crippen LogP contribution in [0.3, 0.4) is 0 Å². The standard InChI is InChI=1S/C15H23N3O3/c1-15(2)10-18(7-13(9-19)21-15)8-14(20)17-12-5-3-4-11(16)6-12/h3-6,13,19H,7-10,16H2,1-2H3,(H,17,20). The van der Waals surface area contributed by atoms with E-state index in [1.165, 1.54) is 0 Å². The number of carbonyl (C=O) groups excluding carboxylic acids is 1. The van der Waals surface area contributed by atoms with Gasteiger partial charge in [-0.2, -0.15) is 0 Å². The van der Waals surface area contributed by atoms with Crippen molar-refractivity contribution in [2.45, 2.75) is 25.6 Å². The van der Waals surface area contributed by atoms with Crippen LogP contribution in [0.1, 0.15) is 13.8 Å². The summed E-state index contributed by atoms with van der Waals surface area (Å²) >= 11 is 0. The summed E-state index contributed by atoms with van der Waals surface area (Å²) in [5, 5.41) is 12.1. The van der Waals surface area contributed by atoms with Gasteiger partial charge >= 0.3 is 0 Å². The van der Waals surface area contributed by atoms with Crippen molar-refractivity contribution < 1.29 is 14.6 Å². The average molecular weight is 293 g/mol. The van der Waals surface area contributed by atoms with Crippen molar-refractivity contribution in [2.75, 3.05) is 37.3 Å². The van der Waals surface area contributed by atoms with E-state index in [0.29, 0.717) is 24.5 Å². The molecule has 2 rings (SSSR count). The van der Waals surface area contributed by atoms with E-state index >= 15 is 0 Å². The number of anilines is 2. The van der Waals surface area contributed by atoms with Crippen LogP contribution in [0.5, 0.6) is 0 Å². The van der Waals surface area contributed by atoms with Gasteiger partial charge in [0.2, 0.25) is 5.91 Å². The van der Waals surface area contributed by atoms with Crippen LogP contribution in [0.2, 0.25) is 0 Å². The molecule has 1 amide bonds. The van der Waals surface area contributed by atoms with Gasteiger partial charge in [0.1, 0.15) is 0 Å². The van der Waals surface area contributed by atoms with Crippen LogP contribution in [-0.4, -0.2) is 53.9 Å². The highest BCUT2D eigenvalue weighted by Crippen LogP contribution is 2.20. The van der Waals surface area contributed by atoms with Gasteiger partial charge in [-0.15, -0.1) is 0 Å². The zero-order valence-electron chi connectivity index (χ0n) is 12.5. The van der Waals surface area contributed by atoms with Crippen LogP contribution in [0, 0.1) is 0 Å². The summed E-state index contributed by atoms with van der Waals surface area (Å²) in [4.78, 5) is 14.1. The number of nitrogens with two attached hydrogens (primary N) is 1. The Kier molecular flexibility index (Phi) is 4.82. The first-order valence-electron chi connectivity index (χ1n) is 7.04. The predicted molar refractivity (Wildman–Crippen MR) is 82.0 cm³/mol. The number of nitrogen functional groups attached to an aromatic ring is 1. The summed E-state index contributed by atoms with van der Waals surface area (Å²) < 4.78 is 5.73. The number of nitrogens with one attached hydrogen (secondary N) is 1. The quantitative estimate of drug-likeness (QED) is 0.711. The number of hydrogen-bond donors (Lipinski definition) is 3. The van der Waals surface area contributed by atoms with E-state index in [0.717, 1.165) is 0 Å². The van der Waals surface area contributed by atoms with Gasteiger partial charge in [-0.05, 0) is 32.0 Å². The van der Waals surface area contributed by atoms with Gasteiger partial charge in [0, 0.05) is 24.5 Å². The van der Waals surface area contributed by atoms with E-state index in [9.17, 15) is 9.90 Å². The normalized spacial score (nSPS) is 22.0. The minimum atomic E-state index is -0.372. The van der Waals surface area contributed by atoms with E-state index in [4.69, 9.17) is 10.5 Å². The minimum absolute atomic E-state index is 0.0449. The van der Waals surface area contributed by atoms with E-state index in [2.05, 4.69) is 5.32 Å². The Labute approximate surface area is 124 Å². The highest BCUT2D eigenvalue weighted by atomic mass is 16.5. The molecule has 0 spiro atoms. The summed E-state index contributed by atoms with van der Waals surface area (Å²) in [5.74, 6) is -0.102. The summed E-state index contributed by atoms with van der Waals surface area (Å²) in [7, 11) is 0. The van der Waals surface area contributed by atoms with Gasteiger partial charge in [-0.3, -0.25) is 9.69 Å². The van der Waals surface area contributed by atoms with Crippen molar-refractivity contribution in [3.05, 3.63) is 24.3 Å². The maximum Gasteiger partial charge on any atom is 0.238 e. The number of benzene rings is 1. The molecule has 116 valence electrons. The van der Waals surface area contributed by atoms with Crippen LogP contribution >= 0.6 is 0 Å². The molecular formula is C15H23N3O3. The zero-order chi connectivity index (χ0) is 15.5. The van der Waals surface area contributed by atoms with E-state index in [1.807, 2.05) is 18.7 Å². The van der Waals surface area contributed by atoms with Crippen LogP contribution < -0.4 is 11.1 Å². The second-order valence-electron chi connectivity index (χ2n) is 6.03. The fourth-order valence-electron chi connectivity index (χ4n) is 2.65. The summed E-state index contributed by atoms with van der Waals surface area (Å²) in [6.45, 7) is 5.32. The molecule has 0 aromatic heterocycles. The summed E-state index contributed by atoms with van der Waals surface area (Å²) in [6, 6.07) is 7.09. The van der Waals surface area contributed by atoms with Gasteiger partial charge in [-0.1, -0.05) is 6.07 Å². The maximum atomic E-state index is 12.1. The molecule has 0 bridgehead atoms. The number of rotatable bonds is 4. The van der Waals surface area contributed by atoms with Crippen LogP contribution in [0.25, 0.3) is 0 Å². The topological polar surface area (TPSA) is 87.8 Å². The number of ether oxygens (including phenoxy) is 1. The number of carbonyl (C=O) groups is 1. The summed E-state index contributed by atoms with van der Waals surface area (Å²) in [6.07, 6.45) is -0.256. The molecule has 4 N–H and O–H groups in total. The average Bonchev–Trinajstić information content (AvgIpc) is 2.36. The Morgan fingerprint density at radius 1 is 1.57 bits per heavy atom. The molecule has 1 fully saturated rings. The Morgan fingerprint density at radius 2 is 2.33 bits per heavy atom. The second-order valence-corrected chi connectivity index (χ2v) is 6.03. The molecule has 1 aromatic rings. The molecule has 1 heterocycles.